The minimum absolute atomic E-state index is 0. The molecule has 0 amide bonds. The first kappa shape index (κ1) is 24.6. The van der Waals surface area contributed by atoms with Crippen molar-refractivity contribution < 1.29 is 52.1 Å². The molecule has 28 heavy (non-hydrogen) atoms. The predicted octanol–water partition coefficient (Wildman–Crippen LogP) is -1.67. The maximum atomic E-state index is 10.0. The second-order valence-electron chi connectivity index (χ2n) is 4.51. The molecule has 3 aromatic rings. The van der Waals surface area contributed by atoms with E-state index in [0.29, 0.717) is 0 Å². The van der Waals surface area contributed by atoms with Gasteiger partial charge in [0.25, 0.3) is 0 Å². The second kappa shape index (κ2) is 13.8. The van der Waals surface area contributed by atoms with E-state index < -0.39 is 17.9 Å². The van der Waals surface area contributed by atoms with Crippen LogP contribution in [0.25, 0.3) is 0 Å². The Bertz CT molecular complexity index is 747. The molecular weight excluding hydrogens is 551 g/mol. The Morgan fingerprint density at radius 1 is 0.536 bits per heavy atom. The van der Waals surface area contributed by atoms with E-state index in [0.717, 1.165) is 0 Å². The molecule has 0 radical (unpaired) electrons. The number of carboxylic acids is 3. The molecule has 0 aliphatic rings. The molecule has 0 aliphatic heterocycles. The quantitative estimate of drug-likeness (QED) is 0.340. The molecule has 0 N–H and O–H groups in total. The van der Waals surface area contributed by atoms with Gasteiger partial charge in [-0.15, -0.1) is 0 Å². The van der Waals surface area contributed by atoms with E-state index in [2.05, 4.69) is 15.0 Å². The third kappa shape index (κ3) is 9.92. The number of pyridine rings is 3. The summed E-state index contributed by atoms with van der Waals surface area (Å²) in [7, 11) is 0. The minimum atomic E-state index is -1.24. The summed E-state index contributed by atoms with van der Waals surface area (Å²) in [6.45, 7) is 0. The first-order chi connectivity index (χ1) is 12.9. The Morgan fingerprint density at radius 2 is 0.786 bits per heavy atom. The van der Waals surface area contributed by atoms with E-state index in [1.54, 1.807) is 36.4 Å². The van der Waals surface area contributed by atoms with Gasteiger partial charge < -0.3 is 29.7 Å². The Labute approximate surface area is 175 Å². The molecule has 146 valence electrons. The summed E-state index contributed by atoms with van der Waals surface area (Å²) < 4.78 is 0. The number of hydrogen-bond acceptors (Lipinski definition) is 9. The van der Waals surface area contributed by atoms with Crippen molar-refractivity contribution in [2.24, 2.45) is 0 Å². The molecule has 3 rings (SSSR count). The monoisotopic (exact) mass is 563 g/mol. The van der Waals surface area contributed by atoms with Crippen LogP contribution in [0.4, 0.5) is 0 Å². The number of aromatic nitrogens is 3. The van der Waals surface area contributed by atoms with Crippen LogP contribution in [0.15, 0.2) is 73.2 Å². The van der Waals surface area contributed by atoms with Crippen molar-refractivity contribution in [1.29, 1.82) is 0 Å². The zero-order valence-electron chi connectivity index (χ0n) is 14.0. The average Bonchev–Trinajstić information content (AvgIpc) is 2.71. The van der Waals surface area contributed by atoms with Crippen molar-refractivity contribution >= 4 is 17.9 Å². The molecule has 0 atom stereocenters. The van der Waals surface area contributed by atoms with Crippen LogP contribution < -0.4 is 15.3 Å². The summed E-state index contributed by atoms with van der Waals surface area (Å²) in [4.78, 5) is 40.6. The van der Waals surface area contributed by atoms with Gasteiger partial charge in [0.1, 0.15) is 0 Å². The van der Waals surface area contributed by atoms with Crippen molar-refractivity contribution in [3.63, 3.8) is 0 Å². The molecular formula is C18H12AuN3O6. The standard InChI is InChI=1S/3C6H5NO2.Au/c3*8-6(9)5-3-1-2-4-7-5;/h3*1-4H,(H,8,9);/q;;;+3/p-3. The number of carbonyl (C=O) groups is 3. The van der Waals surface area contributed by atoms with E-state index in [1.165, 1.54) is 36.8 Å². The van der Waals surface area contributed by atoms with Crippen LogP contribution in [0, 0.1) is 0 Å². The molecule has 0 saturated carbocycles. The number of carboxylic acid groups (broad SMARTS) is 3. The molecule has 0 unspecified atom stereocenters. The Kier molecular flexibility index (Phi) is 12.1. The molecule has 0 saturated heterocycles. The molecule has 0 bridgehead atoms. The van der Waals surface area contributed by atoms with E-state index in [4.69, 9.17) is 0 Å². The summed E-state index contributed by atoms with van der Waals surface area (Å²) in [5.41, 5.74) is -0.0903. The summed E-state index contributed by atoms with van der Waals surface area (Å²) in [5, 5.41) is 30.1. The molecule has 9 nitrogen and oxygen atoms in total. The Hall–Kier alpha value is -3.40. The van der Waals surface area contributed by atoms with Crippen LogP contribution in [-0.2, 0) is 22.4 Å². The number of rotatable bonds is 3. The van der Waals surface area contributed by atoms with Gasteiger partial charge in [-0.05, 0) is 36.4 Å². The van der Waals surface area contributed by atoms with Gasteiger partial charge in [0.05, 0.1) is 35.0 Å². The van der Waals surface area contributed by atoms with Crippen LogP contribution >= 0.6 is 0 Å². The number of nitrogens with zero attached hydrogens (tertiary/aromatic N) is 3. The topological polar surface area (TPSA) is 159 Å². The van der Waals surface area contributed by atoms with Crippen molar-refractivity contribution in [3.05, 3.63) is 90.3 Å². The van der Waals surface area contributed by atoms with E-state index in [-0.39, 0.29) is 39.5 Å². The maximum Gasteiger partial charge on any atom is 3.00 e. The molecule has 3 heterocycles. The fraction of sp³-hybridized carbons (Fsp3) is 0. The minimum Gasteiger partial charge on any atom is -0.543 e. The molecule has 3 aromatic heterocycles. The summed E-state index contributed by atoms with van der Waals surface area (Å²) in [6, 6.07) is 13.9. The van der Waals surface area contributed by atoms with Gasteiger partial charge >= 0.3 is 22.4 Å². The molecule has 0 spiro atoms. The zero-order chi connectivity index (χ0) is 20.1. The first-order valence-electron chi connectivity index (χ1n) is 7.29. The summed E-state index contributed by atoms with van der Waals surface area (Å²) >= 11 is 0. The van der Waals surface area contributed by atoms with Crippen molar-refractivity contribution in [1.82, 2.24) is 15.0 Å². The van der Waals surface area contributed by atoms with Gasteiger partial charge in [0.15, 0.2) is 0 Å². The summed E-state index contributed by atoms with van der Waals surface area (Å²) in [6.07, 6.45) is 4.22. The van der Waals surface area contributed by atoms with Crippen molar-refractivity contribution in [2.75, 3.05) is 0 Å². The number of aromatic carboxylic acids is 3. The van der Waals surface area contributed by atoms with E-state index in [9.17, 15) is 29.7 Å². The maximum absolute atomic E-state index is 10.0. The van der Waals surface area contributed by atoms with Gasteiger partial charge in [-0.2, -0.15) is 0 Å². The van der Waals surface area contributed by atoms with E-state index in [1.807, 2.05) is 0 Å². The third-order valence-electron chi connectivity index (χ3n) is 2.62. The smallest absolute Gasteiger partial charge is 0.543 e. The molecule has 0 aliphatic carbocycles. The number of hydrogen-bond donors (Lipinski definition) is 0. The SMILES string of the molecule is O=C([O-])c1ccccn1.O=C([O-])c1ccccn1.O=C([O-])c1ccccn1.[Au+3]. The summed E-state index contributed by atoms with van der Waals surface area (Å²) in [5.74, 6) is -3.72. The van der Waals surface area contributed by atoms with E-state index >= 15 is 0 Å². The predicted molar refractivity (Wildman–Crippen MR) is 85.7 cm³/mol. The van der Waals surface area contributed by atoms with Crippen molar-refractivity contribution in [2.45, 2.75) is 0 Å². The van der Waals surface area contributed by atoms with Gasteiger partial charge in [-0.25, -0.2) is 0 Å². The Morgan fingerprint density at radius 3 is 0.893 bits per heavy atom. The van der Waals surface area contributed by atoms with Crippen LogP contribution in [0.3, 0.4) is 0 Å². The van der Waals surface area contributed by atoms with Crippen LogP contribution in [0.2, 0.25) is 0 Å². The van der Waals surface area contributed by atoms with Gasteiger partial charge in [-0.1, -0.05) is 18.2 Å². The fourth-order valence-corrected chi connectivity index (χ4v) is 1.45. The van der Waals surface area contributed by atoms with Crippen LogP contribution in [-0.4, -0.2) is 32.9 Å². The van der Waals surface area contributed by atoms with Crippen LogP contribution in [0.5, 0.6) is 0 Å². The largest absolute Gasteiger partial charge is 3.00 e. The molecule has 10 heteroatoms. The Balaban J connectivity index is 0.000000384. The first-order valence-corrected chi connectivity index (χ1v) is 7.29. The van der Waals surface area contributed by atoms with Crippen LogP contribution in [0.1, 0.15) is 31.5 Å². The number of carbonyl (C=O) groups excluding carboxylic acids is 3. The van der Waals surface area contributed by atoms with Crippen molar-refractivity contribution in [3.8, 4) is 0 Å². The fourth-order valence-electron chi connectivity index (χ4n) is 1.45. The normalized spacial score (nSPS) is 8.57. The van der Waals surface area contributed by atoms with Gasteiger partial charge in [0, 0.05) is 18.6 Å². The third-order valence-corrected chi connectivity index (χ3v) is 2.62. The molecule has 0 fully saturated rings. The average molecular weight is 563 g/mol. The molecule has 0 aromatic carbocycles. The zero-order valence-corrected chi connectivity index (χ0v) is 16.2. The second-order valence-corrected chi connectivity index (χ2v) is 4.51. The van der Waals surface area contributed by atoms with Gasteiger partial charge in [-0.3, -0.25) is 15.0 Å². The van der Waals surface area contributed by atoms with Gasteiger partial charge in [0.2, 0.25) is 0 Å².